The molecule has 1 rings (SSSR count). The van der Waals surface area contributed by atoms with Gasteiger partial charge in [-0.05, 0) is 12.1 Å². The third-order valence-corrected chi connectivity index (χ3v) is 1.62. The summed E-state index contributed by atoms with van der Waals surface area (Å²) >= 11 is 0. The lowest BCUT2D eigenvalue weighted by molar-refractivity contribution is 0.508. The highest BCUT2D eigenvalue weighted by Crippen LogP contribution is 2.21. The van der Waals surface area contributed by atoms with Gasteiger partial charge in [0.2, 0.25) is 0 Å². The number of hydrogen-bond donors (Lipinski definition) is 0. The van der Waals surface area contributed by atoms with E-state index < -0.39 is 11.6 Å². The number of nitrogens with zero attached hydrogens (tertiary/aromatic N) is 2. The first-order valence-corrected chi connectivity index (χ1v) is 3.62. The molecule has 0 radical (unpaired) electrons. The van der Waals surface area contributed by atoms with Gasteiger partial charge in [-0.25, -0.2) is 8.78 Å². The van der Waals surface area contributed by atoms with E-state index in [0.717, 1.165) is 6.07 Å². The second kappa shape index (κ2) is 3.40. The van der Waals surface area contributed by atoms with E-state index >= 15 is 0 Å². The van der Waals surface area contributed by atoms with Crippen LogP contribution in [0.2, 0.25) is 0 Å². The monoisotopic (exact) mass is 182 g/mol. The molecular weight excluding hydrogens is 174 g/mol. The molecule has 0 unspecified atom stereocenters. The van der Waals surface area contributed by atoms with Gasteiger partial charge in [0.1, 0.15) is 0 Å². The first-order chi connectivity index (χ1) is 6.06. The molecule has 0 N–H and O–H groups in total. The van der Waals surface area contributed by atoms with Crippen LogP contribution in [-0.4, -0.2) is 14.1 Å². The molecule has 0 amide bonds. The Morgan fingerprint density at radius 2 is 1.92 bits per heavy atom. The average Bonchev–Trinajstić information content (AvgIpc) is 2.09. The van der Waals surface area contributed by atoms with Gasteiger partial charge in [-0.1, -0.05) is 0 Å². The lowest BCUT2D eigenvalue weighted by Gasteiger charge is -2.13. The molecule has 1 aromatic rings. The number of hydrogen-bond acceptors (Lipinski definition) is 2. The number of halogens is 2. The Balaban J connectivity index is 3.35. The van der Waals surface area contributed by atoms with E-state index in [4.69, 9.17) is 5.26 Å². The van der Waals surface area contributed by atoms with Crippen LogP contribution in [0.3, 0.4) is 0 Å². The summed E-state index contributed by atoms with van der Waals surface area (Å²) in [5.74, 6) is -1.92. The molecule has 13 heavy (non-hydrogen) atoms. The fraction of sp³-hybridized carbons (Fsp3) is 0.222. The smallest absolute Gasteiger partial charge is 0.182 e. The molecule has 0 aliphatic rings. The van der Waals surface area contributed by atoms with Crippen LogP contribution < -0.4 is 4.90 Å². The van der Waals surface area contributed by atoms with Crippen molar-refractivity contribution in [1.82, 2.24) is 0 Å². The number of anilines is 1. The van der Waals surface area contributed by atoms with Crippen LogP contribution >= 0.6 is 0 Å². The molecule has 1 aromatic carbocycles. The van der Waals surface area contributed by atoms with Crippen molar-refractivity contribution < 1.29 is 8.78 Å². The molecule has 0 aromatic heterocycles. The highest BCUT2D eigenvalue weighted by molar-refractivity contribution is 5.52. The van der Waals surface area contributed by atoms with E-state index in [-0.39, 0.29) is 11.3 Å². The van der Waals surface area contributed by atoms with Crippen molar-refractivity contribution in [2.24, 2.45) is 0 Å². The van der Waals surface area contributed by atoms with Gasteiger partial charge in [-0.2, -0.15) is 5.26 Å². The zero-order valence-electron chi connectivity index (χ0n) is 7.31. The first kappa shape index (κ1) is 9.46. The van der Waals surface area contributed by atoms with Crippen molar-refractivity contribution in [2.45, 2.75) is 0 Å². The predicted octanol–water partition coefficient (Wildman–Crippen LogP) is 1.90. The van der Waals surface area contributed by atoms with Crippen LogP contribution in [0.25, 0.3) is 0 Å². The predicted molar refractivity (Wildman–Crippen MR) is 45.4 cm³/mol. The highest BCUT2D eigenvalue weighted by Gasteiger charge is 2.11. The Morgan fingerprint density at radius 3 is 2.38 bits per heavy atom. The second-order valence-corrected chi connectivity index (χ2v) is 2.80. The van der Waals surface area contributed by atoms with Gasteiger partial charge >= 0.3 is 0 Å². The number of rotatable bonds is 1. The third-order valence-electron chi connectivity index (χ3n) is 1.62. The molecule has 0 fully saturated rings. The molecule has 68 valence electrons. The highest BCUT2D eigenvalue weighted by atomic mass is 19.2. The van der Waals surface area contributed by atoms with Crippen molar-refractivity contribution >= 4 is 5.69 Å². The van der Waals surface area contributed by atoms with Gasteiger partial charge in [0, 0.05) is 14.1 Å². The molecule has 4 heteroatoms. The van der Waals surface area contributed by atoms with Crippen molar-refractivity contribution in [3.05, 3.63) is 29.3 Å². The minimum atomic E-state index is -0.997. The Bertz CT molecular complexity index is 367. The average molecular weight is 182 g/mol. The fourth-order valence-corrected chi connectivity index (χ4v) is 0.965. The molecule has 0 saturated carbocycles. The van der Waals surface area contributed by atoms with E-state index in [1.807, 2.05) is 0 Å². The largest absolute Gasteiger partial charge is 0.375 e. The summed E-state index contributed by atoms with van der Waals surface area (Å²) in [5, 5.41) is 8.50. The maximum atomic E-state index is 13.0. The molecule has 0 saturated heterocycles. The van der Waals surface area contributed by atoms with Crippen LogP contribution in [0.15, 0.2) is 12.1 Å². The maximum Gasteiger partial charge on any atom is 0.182 e. The standard InChI is InChI=1S/C9H8F2N2/c1-13(2)8-4-6(5-12)3-7(10)9(8)11/h3-4H,1-2H3. The molecule has 0 bridgehead atoms. The Kier molecular flexibility index (Phi) is 2.47. The van der Waals surface area contributed by atoms with Gasteiger partial charge in [-0.15, -0.1) is 0 Å². The van der Waals surface area contributed by atoms with Crippen molar-refractivity contribution in [1.29, 1.82) is 5.26 Å². The van der Waals surface area contributed by atoms with Gasteiger partial charge < -0.3 is 4.90 Å². The van der Waals surface area contributed by atoms with Gasteiger partial charge in [0.25, 0.3) is 0 Å². The van der Waals surface area contributed by atoms with E-state index in [9.17, 15) is 8.78 Å². The molecule has 2 nitrogen and oxygen atoms in total. The topological polar surface area (TPSA) is 27.0 Å². The van der Waals surface area contributed by atoms with Gasteiger partial charge in [0.15, 0.2) is 11.6 Å². The summed E-state index contributed by atoms with van der Waals surface area (Å²) in [6, 6.07) is 3.94. The van der Waals surface area contributed by atoms with E-state index in [2.05, 4.69) is 0 Å². The molecule has 0 atom stereocenters. The summed E-state index contributed by atoms with van der Waals surface area (Å²) in [6.07, 6.45) is 0. The maximum absolute atomic E-state index is 13.0. The Morgan fingerprint density at radius 1 is 1.31 bits per heavy atom. The summed E-state index contributed by atoms with van der Waals surface area (Å²) in [7, 11) is 3.16. The lowest BCUT2D eigenvalue weighted by atomic mass is 10.2. The van der Waals surface area contributed by atoms with Crippen molar-refractivity contribution in [2.75, 3.05) is 19.0 Å². The van der Waals surface area contributed by atoms with Crippen LogP contribution in [0.4, 0.5) is 14.5 Å². The van der Waals surface area contributed by atoms with E-state index in [0.29, 0.717) is 0 Å². The zero-order valence-corrected chi connectivity index (χ0v) is 7.31. The zero-order chi connectivity index (χ0) is 10.0. The summed E-state index contributed by atoms with van der Waals surface area (Å²) < 4.78 is 25.9. The lowest BCUT2D eigenvalue weighted by Crippen LogP contribution is -2.11. The van der Waals surface area contributed by atoms with Gasteiger partial charge in [0.05, 0.1) is 17.3 Å². The Hall–Kier alpha value is -1.63. The Labute approximate surface area is 75.0 Å². The molecule has 0 heterocycles. The van der Waals surface area contributed by atoms with Crippen LogP contribution in [0.5, 0.6) is 0 Å². The molecule has 0 aliphatic carbocycles. The van der Waals surface area contributed by atoms with Crippen molar-refractivity contribution in [3.8, 4) is 6.07 Å². The summed E-state index contributed by atoms with van der Waals surface area (Å²) in [6.45, 7) is 0. The van der Waals surface area contributed by atoms with Gasteiger partial charge in [-0.3, -0.25) is 0 Å². The molecule has 0 aliphatic heterocycles. The van der Waals surface area contributed by atoms with E-state index in [1.54, 1.807) is 20.2 Å². The molecule has 0 spiro atoms. The third kappa shape index (κ3) is 1.75. The minimum absolute atomic E-state index is 0.0801. The van der Waals surface area contributed by atoms with Crippen LogP contribution in [0, 0.1) is 23.0 Å². The SMILES string of the molecule is CN(C)c1cc(C#N)cc(F)c1F. The van der Waals surface area contributed by atoms with E-state index in [1.165, 1.54) is 11.0 Å². The first-order valence-electron chi connectivity index (χ1n) is 3.62. The minimum Gasteiger partial charge on any atom is -0.375 e. The normalized spacial score (nSPS) is 9.46. The summed E-state index contributed by atoms with van der Waals surface area (Å²) in [4.78, 5) is 1.42. The quantitative estimate of drug-likeness (QED) is 0.663. The second-order valence-electron chi connectivity index (χ2n) is 2.80. The fourth-order valence-electron chi connectivity index (χ4n) is 0.965. The van der Waals surface area contributed by atoms with Crippen molar-refractivity contribution in [3.63, 3.8) is 0 Å². The number of benzene rings is 1. The number of nitriles is 1. The molecular formula is C9H8F2N2. The van der Waals surface area contributed by atoms with Crippen LogP contribution in [0.1, 0.15) is 5.56 Å². The van der Waals surface area contributed by atoms with Crippen LogP contribution in [-0.2, 0) is 0 Å². The summed E-state index contributed by atoms with van der Waals surface area (Å²) in [5.41, 5.74) is 0.194.